The fourth-order valence-corrected chi connectivity index (χ4v) is 0.477. The molecule has 0 N–H and O–H groups in total. The van der Waals surface area contributed by atoms with E-state index in [0.717, 1.165) is 18.2 Å². The van der Waals surface area contributed by atoms with Crippen molar-refractivity contribution in [2.75, 3.05) is 0 Å². The second-order valence-corrected chi connectivity index (χ2v) is 1.54. The molecule has 0 atom stereocenters. The predicted octanol–water partition coefficient (Wildman–Crippen LogP) is 1.92. The number of benzene rings is 1. The Kier molecular flexibility index (Phi) is 3.95. The maximum absolute atomic E-state index is 12.0. The molecular weight excluding hydrogens is 157 g/mol. The zero-order valence-corrected chi connectivity index (χ0v) is 5.48. The van der Waals surface area contributed by atoms with Crippen molar-refractivity contribution < 1.29 is 18.0 Å². The molecule has 0 radical (unpaired) electrons. The number of carbonyl (C=O) groups is 1. The van der Waals surface area contributed by atoms with Crippen molar-refractivity contribution in [3.8, 4) is 0 Å². The minimum absolute atomic E-state index is 0.860. The van der Waals surface area contributed by atoms with Gasteiger partial charge in [-0.2, -0.15) is 0 Å². The Morgan fingerprint density at radius 3 is 1.64 bits per heavy atom. The quantitative estimate of drug-likeness (QED) is 0.532. The highest BCUT2D eigenvalue weighted by atomic mass is 19.2. The summed E-state index contributed by atoms with van der Waals surface area (Å²) in [4.78, 5) is 8.00. The van der Waals surface area contributed by atoms with Gasteiger partial charge in [-0.15, -0.1) is 0 Å². The van der Waals surface area contributed by atoms with Crippen LogP contribution in [0, 0.1) is 17.5 Å². The molecule has 11 heavy (non-hydrogen) atoms. The van der Waals surface area contributed by atoms with Crippen LogP contribution in [-0.2, 0) is 4.79 Å². The molecule has 4 heteroatoms. The molecule has 0 aromatic heterocycles. The predicted molar refractivity (Wildman–Crippen MR) is 33.4 cm³/mol. The summed E-state index contributed by atoms with van der Waals surface area (Å²) in [5.74, 6) is -3.73. The molecule has 1 rings (SSSR count). The topological polar surface area (TPSA) is 17.1 Å². The molecule has 1 nitrogen and oxygen atoms in total. The maximum Gasteiger partial charge on any atom is 0.194 e. The fraction of sp³-hybridized carbons (Fsp3) is 0. The van der Waals surface area contributed by atoms with Crippen LogP contribution in [0.1, 0.15) is 0 Å². The van der Waals surface area contributed by atoms with Crippen molar-refractivity contribution in [1.29, 1.82) is 0 Å². The Balaban J connectivity index is 0.000000461. The number of hydrogen-bond acceptors (Lipinski definition) is 1. The van der Waals surface area contributed by atoms with Crippen molar-refractivity contribution in [3.05, 3.63) is 35.7 Å². The summed E-state index contributed by atoms with van der Waals surface area (Å²) in [6.45, 7) is 2.00. The third-order valence-electron chi connectivity index (χ3n) is 0.904. The van der Waals surface area contributed by atoms with Gasteiger partial charge < -0.3 is 4.79 Å². The number of halogens is 3. The van der Waals surface area contributed by atoms with Crippen LogP contribution < -0.4 is 0 Å². The van der Waals surface area contributed by atoms with Gasteiger partial charge in [-0.3, -0.25) is 0 Å². The van der Waals surface area contributed by atoms with Gasteiger partial charge in [0.15, 0.2) is 17.5 Å². The van der Waals surface area contributed by atoms with E-state index in [2.05, 4.69) is 0 Å². The molecule has 0 spiro atoms. The highest BCUT2D eigenvalue weighted by molar-refractivity contribution is 5.11. The molecule has 0 aliphatic carbocycles. The number of rotatable bonds is 0. The Morgan fingerprint density at radius 1 is 1.00 bits per heavy atom. The van der Waals surface area contributed by atoms with Gasteiger partial charge in [-0.25, -0.2) is 13.2 Å². The van der Waals surface area contributed by atoms with E-state index in [0.29, 0.717) is 0 Å². The molecular formula is C7H5F3O. The summed E-state index contributed by atoms with van der Waals surface area (Å²) in [5.41, 5.74) is 0. The van der Waals surface area contributed by atoms with Gasteiger partial charge in [-0.05, 0) is 12.1 Å². The summed E-state index contributed by atoms with van der Waals surface area (Å²) in [6, 6.07) is 2.82. The van der Waals surface area contributed by atoms with Crippen LogP contribution in [0.15, 0.2) is 18.2 Å². The Labute approximate surface area is 61.5 Å². The van der Waals surface area contributed by atoms with E-state index in [1.165, 1.54) is 0 Å². The molecule has 0 bridgehead atoms. The van der Waals surface area contributed by atoms with Crippen molar-refractivity contribution in [1.82, 2.24) is 0 Å². The lowest BCUT2D eigenvalue weighted by Crippen LogP contribution is -1.86. The van der Waals surface area contributed by atoms with Gasteiger partial charge in [0.25, 0.3) is 0 Å². The lowest BCUT2D eigenvalue weighted by atomic mass is 10.3. The summed E-state index contributed by atoms with van der Waals surface area (Å²) in [7, 11) is 0. The maximum atomic E-state index is 12.0. The van der Waals surface area contributed by atoms with Crippen molar-refractivity contribution >= 4 is 6.79 Å². The second-order valence-electron chi connectivity index (χ2n) is 1.54. The molecule has 0 heterocycles. The summed E-state index contributed by atoms with van der Waals surface area (Å²) in [5, 5.41) is 0. The first-order valence-corrected chi connectivity index (χ1v) is 2.60. The van der Waals surface area contributed by atoms with Crippen LogP contribution in [-0.4, -0.2) is 6.79 Å². The Hall–Kier alpha value is -1.32. The first-order valence-electron chi connectivity index (χ1n) is 2.60. The van der Waals surface area contributed by atoms with Gasteiger partial charge in [0, 0.05) is 0 Å². The highest BCUT2D eigenvalue weighted by Crippen LogP contribution is 2.07. The van der Waals surface area contributed by atoms with Crippen LogP contribution in [0.25, 0.3) is 0 Å². The molecule has 0 saturated carbocycles. The minimum Gasteiger partial charge on any atom is -0.307 e. The Morgan fingerprint density at radius 2 is 1.36 bits per heavy atom. The first kappa shape index (κ1) is 9.68. The molecule has 0 aliphatic rings. The second kappa shape index (κ2) is 4.49. The average molecular weight is 162 g/mol. The minimum atomic E-state index is -1.42. The van der Waals surface area contributed by atoms with Gasteiger partial charge >= 0.3 is 0 Å². The molecule has 0 aliphatic heterocycles. The van der Waals surface area contributed by atoms with E-state index >= 15 is 0 Å². The smallest absolute Gasteiger partial charge is 0.194 e. The van der Waals surface area contributed by atoms with E-state index in [1.807, 2.05) is 6.79 Å². The van der Waals surface area contributed by atoms with E-state index in [-0.39, 0.29) is 0 Å². The van der Waals surface area contributed by atoms with Crippen molar-refractivity contribution in [2.45, 2.75) is 0 Å². The number of hydrogen-bond donors (Lipinski definition) is 0. The largest absolute Gasteiger partial charge is 0.307 e. The third-order valence-corrected chi connectivity index (χ3v) is 0.904. The molecule has 0 fully saturated rings. The van der Waals surface area contributed by atoms with Gasteiger partial charge in [0.2, 0.25) is 0 Å². The van der Waals surface area contributed by atoms with Gasteiger partial charge in [0.1, 0.15) is 6.79 Å². The normalized spacial score (nSPS) is 8.27. The SMILES string of the molecule is C=O.Fc1cccc(F)c1F. The van der Waals surface area contributed by atoms with E-state index in [1.54, 1.807) is 0 Å². The molecule has 0 saturated heterocycles. The zero-order valence-electron chi connectivity index (χ0n) is 5.48. The fourth-order valence-electron chi connectivity index (χ4n) is 0.477. The summed E-state index contributed by atoms with van der Waals surface area (Å²) < 4.78 is 35.9. The summed E-state index contributed by atoms with van der Waals surface area (Å²) >= 11 is 0. The first-order chi connectivity index (χ1) is 5.22. The molecule has 1 aromatic rings. The standard InChI is InChI=1S/C6H3F3.CH2O/c7-4-2-1-3-5(8)6(4)9;1-2/h1-3H;1H2. The van der Waals surface area contributed by atoms with Crippen LogP contribution in [0.3, 0.4) is 0 Å². The lowest BCUT2D eigenvalue weighted by Gasteiger charge is -1.90. The van der Waals surface area contributed by atoms with Crippen molar-refractivity contribution in [3.63, 3.8) is 0 Å². The molecule has 0 amide bonds. The highest BCUT2D eigenvalue weighted by Gasteiger charge is 2.04. The number of carbonyl (C=O) groups excluding carboxylic acids is 1. The van der Waals surface area contributed by atoms with Gasteiger partial charge in [0.05, 0.1) is 0 Å². The van der Waals surface area contributed by atoms with Crippen LogP contribution in [0.2, 0.25) is 0 Å². The van der Waals surface area contributed by atoms with Crippen LogP contribution in [0.5, 0.6) is 0 Å². The molecule has 60 valence electrons. The zero-order chi connectivity index (χ0) is 8.85. The Bertz CT molecular complexity index is 217. The lowest BCUT2D eigenvalue weighted by molar-refractivity contribution is -0.0979. The van der Waals surface area contributed by atoms with Crippen LogP contribution >= 0.6 is 0 Å². The monoisotopic (exact) mass is 162 g/mol. The summed E-state index contributed by atoms with van der Waals surface area (Å²) in [6.07, 6.45) is 0. The molecule has 0 unspecified atom stereocenters. The molecule has 1 aromatic carbocycles. The van der Waals surface area contributed by atoms with E-state index < -0.39 is 17.5 Å². The van der Waals surface area contributed by atoms with E-state index in [9.17, 15) is 13.2 Å². The van der Waals surface area contributed by atoms with Gasteiger partial charge in [-0.1, -0.05) is 6.07 Å². The van der Waals surface area contributed by atoms with E-state index in [4.69, 9.17) is 4.79 Å². The van der Waals surface area contributed by atoms with Crippen molar-refractivity contribution in [2.24, 2.45) is 0 Å². The van der Waals surface area contributed by atoms with Crippen LogP contribution in [0.4, 0.5) is 13.2 Å². The third kappa shape index (κ3) is 2.41. The average Bonchev–Trinajstić information content (AvgIpc) is 2.04.